The highest BCUT2D eigenvalue weighted by Crippen LogP contribution is 2.14. The summed E-state index contributed by atoms with van der Waals surface area (Å²) in [7, 11) is 0. The zero-order valence-electron chi connectivity index (χ0n) is 9.81. The molecule has 0 fully saturated rings. The zero-order chi connectivity index (χ0) is 12.5. The van der Waals surface area contributed by atoms with E-state index in [9.17, 15) is 4.79 Å². The Morgan fingerprint density at radius 1 is 1.53 bits per heavy atom. The molecule has 0 unspecified atom stereocenters. The maximum absolute atomic E-state index is 11.6. The van der Waals surface area contributed by atoms with Gasteiger partial charge in [-0.3, -0.25) is 0 Å². The Kier molecular flexibility index (Phi) is 6.19. The average Bonchev–Trinajstić information content (AvgIpc) is 2.36. The lowest BCUT2D eigenvalue weighted by molar-refractivity contribution is 0.0505. The average molecular weight is 249 g/mol. The molecule has 0 aliphatic rings. The molecule has 0 spiro atoms. The monoisotopic (exact) mass is 249 g/mol. The molecule has 0 radical (unpaired) electrons. The minimum Gasteiger partial charge on any atom is -0.462 e. The Labute approximate surface area is 106 Å². The molecule has 0 aromatic heterocycles. The Balaban J connectivity index is 2.59. The summed E-state index contributed by atoms with van der Waals surface area (Å²) >= 11 is 1.53. The predicted octanol–water partition coefficient (Wildman–Crippen LogP) is 3.01. The number of rotatable bonds is 6. The third-order valence-electron chi connectivity index (χ3n) is 2.04. The smallest absolute Gasteiger partial charge is 0.338 e. The van der Waals surface area contributed by atoms with Crippen LogP contribution in [0.5, 0.6) is 0 Å². The van der Waals surface area contributed by atoms with E-state index >= 15 is 0 Å². The largest absolute Gasteiger partial charge is 0.462 e. The van der Waals surface area contributed by atoms with Crippen molar-refractivity contribution < 1.29 is 9.53 Å². The second-order valence-corrected chi connectivity index (χ2v) is 4.47. The maximum Gasteiger partial charge on any atom is 0.338 e. The molecule has 17 heavy (non-hydrogen) atoms. The molecular formula is C13H15NO2S. The number of carbonyl (C=O) groups excluding carboxylic acids is 1. The van der Waals surface area contributed by atoms with Gasteiger partial charge in [0.15, 0.2) is 0 Å². The van der Waals surface area contributed by atoms with Crippen molar-refractivity contribution in [1.82, 2.24) is 0 Å². The standard InChI is InChI=1S/C13H15NO2S/c1-2-7-16-13(15)12-5-3-4-11(9-12)10-17-8-6-14/h3-5,9H,2,7-8,10H2,1H3. The summed E-state index contributed by atoms with van der Waals surface area (Å²) in [6.07, 6.45) is 0.823. The van der Waals surface area contributed by atoms with Crippen LogP contribution >= 0.6 is 11.8 Å². The van der Waals surface area contributed by atoms with Crippen molar-refractivity contribution in [3.8, 4) is 6.07 Å². The van der Waals surface area contributed by atoms with Crippen LogP contribution in [-0.2, 0) is 10.5 Å². The van der Waals surface area contributed by atoms with E-state index in [1.807, 2.05) is 25.1 Å². The van der Waals surface area contributed by atoms with E-state index in [4.69, 9.17) is 10.00 Å². The molecule has 0 aliphatic carbocycles. The highest BCUT2D eigenvalue weighted by Gasteiger charge is 2.06. The maximum atomic E-state index is 11.6. The number of thioether (sulfide) groups is 1. The molecule has 1 aromatic rings. The first-order chi connectivity index (χ1) is 8.27. The zero-order valence-corrected chi connectivity index (χ0v) is 10.6. The summed E-state index contributed by atoms with van der Waals surface area (Å²) in [6, 6.07) is 9.43. The highest BCUT2D eigenvalue weighted by atomic mass is 32.2. The first-order valence-electron chi connectivity index (χ1n) is 5.48. The molecule has 0 amide bonds. The minimum atomic E-state index is -0.279. The normalized spacial score (nSPS) is 9.65. The van der Waals surface area contributed by atoms with Gasteiger partial charge in [-0.05, 0) is 24.1 Å². The van der Waals surface area contributed by atoms with Gasteiger partial charge in [-0.15, -0.1) is 11.8 Å². The number of ether oxygens (including phenoxy) is 1. The van der Waals surface area contributed by atoms with E-state index < -0.39 is 0 Å². The summed E-state index contributed by atoms with van der Waals surface area (Å²) in [6.45, 7) is 2.41. The van der Waals surface area contributed by atoms with Crippen molar-refractivity contribution in [3.63, 3.8) is 0 Å². The van der Waals surface area contributed by atoms with Crippen LogP contribution in [0.3, 0.4) is 0 Å². The molecule has 4 heteroatoms. The Bertz CT molecular complexity index is 412. The molecule has 0 N–H and O–H groups in total. The molecule has 0 aliphatic heterocycles. The lowest BCUT2D eigenvalue weighted by Crippen LogP contribution is -2.06. The van der Waals surface area contributed by atoms with E-state index in [1.54, 1.807) is 6.07 Å². The lowest BCUT2D eigenvalue weighted by atomic mass is 10.1. The highest BCUT2D eigenvalue weighted by molar-refractivity contribution is 7.98. The van der Waals surface area contributed by atoms with E-state index in [-0.39, 0.29) is 5.97 Å². The summed E-state index contributed by atoms with van der Waals surface area (Å²) in [5, 5.41) is 8.44. The molecular weight excluding hydrogens is 234 g/mol. The van der Waals surface area contributed by atoms with E-state index in [0.717, 1.165) is 17.7 Å². The van der Waals surface area contributed by atoms with Crippen molar-refractivity contribution in [1.29, 1.82) is 5.26 Å². The fraction of sp³-hybridized carbons (Fsp3) is 0.385. The van der Waals surface area contributed by atoms with Gasteiger partial charge in [0.1, 0.15) is 0 Å². The van der Waals surface area contributed by atoms with Crippen LogP contribution in [0.1, 0.15) is 29.3 Å². The Morgan fingerprint density at radius 3 is 3.06 bits per heavy atom. The van der Waals surface area contributed by atoms with Gasteiger partial charge in [-0.1, -0.05) is 19.1 Å². The van der Waals surface area contributed by atoms with Crippen molar-refractivity contribution in [3.05, 3.63) is 35.4 Å². The Morgan fingerprint density at radius 2 is 2.35 bits per heavy atom. The van der Waals surface area contributed by atoms with Gasteiger partial charge in [0, 0.05) is 5.75 Å². The number of hydrogen-bond acceptors (Lipinski definition) is 4. The second kappa shape index (κ2) is 7.75. The van der Waals surface area contributed by atoms with Crippen molar-refractivity contribution >= 4 is 17.7 Å². The number of hydrogen-bond donors (Lipinski definition) is 0. The van der Waals surface area contributed by atoms with E-state index in [0.29, 0.717) is 17.9 Å². The van der Waals surface area contributed by atoms with E-state index in [1.165, 1.54) is 11.8 Å². The van der Waals surface area contributed by atoms with Gasteiger partial charge in [-0.25, -0.2) is 4.79 Å². The lowest BCUT2D eigenvalue weighted by Gasteiger charge is -2.05. The molecule has 0 saturated heterocycles. The first-order valence-corrected chi connectivity index (χ1v) is 6.64. The first kappa shape index (κ1) is 13.6. The minimum absolute atomic E-state index is 0.279. The van der Waals surface area contributed by atoms with Crippen molar-refractivity contribution in [2.24, 2.45) is 0 Å². The fourth-order valence-corrected chi connectivity index (χ4v) is 1.89. The van der Waals surface area contributed by atoms with Gasteiger partial charge < -0.3 is 4.74 Å². The van der Waals surface area contributed by atoms with Gasteiger partial charge in [0.25, 0.3) is 0 Å². The number of nitriles is 1. The van der Waals surface area contributed by atoms with Crippen molar-refractivity contribution in [2.45, 2.75) is 19.1 Å². The second-order valence-electron chi connectivity index (χ2n) is 3.49. The van der Waals surface area contributed by atoms with Crippen LogP contribution in [0.4, 0.5) is 0 Å². The van der Waals surface area contributed by atoms with Crippen LogP contribution in [-0.4, -0.2) is 18.3 Å². The number of benzene rings is 1. The van der Waals surface area contributed by atoms with Gasteiger partial charge in [-0.2, -0.15) is 5.26 Å². The quantitative estimate of drug-likeness (QED) is 0.574. The molecule has 3 nitrogen and oxygen atoms in total. The third-order valence-corrected chi connectivity index (χ3v) is 2.91. The van der Waals surface area contributed by atoms with Gasteiger partial charge >= 0.3 is 5.97 Å². The predicted molar refractivity (Wildman–Crippen MR) is 68.8 cm³/mol. The topological polar surface area (TPSA) is 50.1 Å². The number of carbonyl (C=O) groups is 1. The number of esters is 1. The molecule has 0 heterocycles. The Hall–Kier alpha value is -1.47. The summed E-state index contributed by atoms with van der Waals surface area (Å²) in [5.41, 5.74) is 1.62. The van der Waals surface area contributed by atoms with E-state index in [2.05, 4.69) is 6.07 Å². The summed E-state index contributed by atoms with van der Waals surface area (Å²) in [4.78, 5) is 11.6. The summed E-state index contributed by atoms with van der Waals surface area (Å²) in [5.74, 6) is 0.923. The van der Waals surface area contributed by atoms with Gasteiger partial charge in [0.2, 0.25) is 0 Å². The molecule has 0 saturated carbocycles. The van der Waals surface area contributed by atoms with Crippen LogP contribution < -0.4 is 0 Å². The van der Waals surface area contributed by atoms with Crippen molar-refractivity contribution in [2.75, 3.05) is 12.4 Å². The molecule has 1 rings (SSSR count). The van der Waals surface area contributed by atoms with Crippen LogP contribution in [0, 0.1) is 11.3 Å². The van der Waals surface area contributed by atoms with Crippen LogP contribution in [0.15, 0.2) is 24.3 Å². The van der Waals surface area contributed by atoms with Gasteiger partial charge in [0.05, 0.1) is 24.0 Å². The number of nitrogens with zero attached hydrogens (tertiary/aromatic N) is 1. The van der Waals surface area contributed by atoms with Crippen LogP contribution in [0.2, 0.25) is 0 Å². The third kappa shape index (κ3) is 4.92. The molecule has 0 bridgehead atoms. The SMILES string of the molecule is CCCOC(=O)c1cccc(CSCC#N)c1. The van der Waals surface area contributed by atoms with Crippen LogP contribution in [0.25, 0.3) is 0 Å². The molecule has 90 valence electrons. The summed E-state index contributed by atoms with van der Waals surface area (Å²) < 4.78 is 5.06. The molecule has 0 atom stereocenters. The fourth-order valence-electron chi connectivity index (χ4n) is 1.28. The molecule has 1 aromatic carbocycles.